The van der Waals surface area contributed by atoms with Crippen LogP contribution in [0, 0.1) is 10.7 Å². The quantitative estimate of drug-likeness (QED) is 0.508. The second-order valence-corrected chi connectivity index (χ2v) is 7.47. The smallest absolute Gasteiger partial charge is 0.169 e. The third kappa shape index (κ3) is 3.29. The number of hydrogen-bond donors (Lipinski definition) is 0. The Bertz CT molecular complexity index is 453. The first-order chi connectivity index (χ1) is 8.52. The molecule has 6 heteroatoms. The Kier molecular flexibility index (Phi) is 5.52. The standard InChI is InChI=1S/C12H11I3O3/c1-2-17-12-9(16)5-10(12)18-11-7(14)3-6(13)4-8(11)15/h3-4,10,12H,2,5H2,1H3. The van der Waals surface area contributed by atoms with Crippen molar-refractivity contribution >= 4 is 73.6 Å². The minimum Gasteiger partial charge on any atom is -0.485 e. The normalized spacial score (nSPS) is 22.8. The van der Waals surface area contributed by atoms with Gasteiger partial charge in [0.25, 0.3) is 0 Å². The number of halogens is 3. The SMILES string of the molecule is CCOC1C(=O)CC1Oc1c(I)cc(I)cc1I. The molecule has 1 saturated carbocycles. The van der Waals surface area contributed by atoms with Gasteiger partial charge in [-0.2, -0.15) is 0 Å². The van der Waals surface area contributed by atoms with E-state index >= 15 is 0 Å². The first kappa shape index (κ1) is 15.2. The van der Waals surface area contributed by atoms with Gasteiger partial charge < -0.3 is 9.47 Å². The van der Waals surface area contributed by atoms with Crippen molar-refractivity contribution in [3.8, 4) is 5.75 Å². The summed E-state index contributed by atoms with van der Waals surface area (Å²) in [5.74, 6) is 0.996. The Morgan fingerprint density at radius 2 is 1.89 bits per heavy atom. The first-order valence-electron chi connectivity index (χ1n) is 5.48. The minimum atomic E-state index is -0.388. The predicted molar refractivity (Wildman–Crippen MR) is 94.0 cm³/mol. The number of carbonyl (C=O) groups excluding carboxylic acids is 1. The molecule has 0 aromatic heterocycles. The van der Waals surface area contributed by atoms with Crippen molar-refractivity contribution < 1.29 is 14.3 Å². The van der Waals surface area contributed by atoms with Crippen LogP contribution in [-0.4, -0.2) is 24.6 Å². The number of ketones is 1. The molecular weight excluding hydrogens is 573 g/mol. The summed E-state index contributed by atoms with van der Waals surface area (Å²) in [7, 11) is 0. The summed E-state index contributed by atoms with van der Waals surface area (Å²) in [4.78, 5) is 11.4. The number of Topliss-reactive ketones (excluding diaryl/α,β-unsaturated/α-hetero) is 1. The third-order valence-electron chi connectivity index (χ3n) is 2.64. The van der Waals surface area contributed by atoms with Crippen LogP contribution >= 0.6 is 67.8 Å². The molecule has 1 aromatic carbocycles. The number of ether oxygens (including phenoxy) is 2. The molecule has 2 atom stereocenters. The number of hydrogen-bond acceptors (Lipinski definition) is 3. The van der Waals surface area contributed by atoms with E-state index in [9.17, 15) is 4.79 Å². The summed E-state index contributed by atoms with van der Waals surface area (Å²) in [6, 6.07) is 4.13. The van der Waals surface area contributed by atoms with Gasteiger partial charge in [-0.05, 0) is 86.8 Å². The fraction of sp³-hybridized carbons (Fsp3) is 0.417. The fourth-order valence-corrected chi connectivity index (χ4v) is 5.58. The van der Waals surface area contributed by atoms with Gasteiger partial charge in [0.1, 0.15) is 11.9 Å². The van der Waals surface area contributed by atoms with E-state index < -0.39 is 0 Å². The van der Waals surface area contributed by atoms with Crippen LogP contribution in [0.15, 0.2) is 12.1 Å². The molecule has 2 rings (SSSR count). The molecule has 0 N–H and O–H groups in total. The van der Waals surface area contributed by atoms with Gasteiger partial charge in [-0.25, -0.2) is 0 Å². The van der Waals surface area contributed by atoms with Gasteiger partial charge in [-0.15, -0.1) is 0 Å². The molecule has 2 unspecified atom stereocenters. The molecular formula is C12H11I3O3. The van der Waals surface area contributed by atoms with E-state index in [1.165, 1.54) is 3.57 Å². The molecule has 3 nitrogen and oxygen atoms in total. The van der Waals surface area contributed by atoms with Crippen molar-refractivity contribution in [3.63, 3.8) is 0 Å². The molecule has 0 saturated heterocycles. The highest BCUT2D eigenvalue weighted by molar-refractivity contribution is 14.1. The van der Waals surface area contributed by atoms with Gasteiger partial charge in [-0.1, -0.05) is 0 Å². The van der Waals surface area contributed by atoms with Gasteiger partial charge >= 0.3 is 0 Å². The highest BCUT2D eigenvalue weighted by Crippen LogP contribution is 2.33. The van der Waals surface area contributed by atoms with Gasteiger partial charge in [0.15, 0.2) is 11.9 Å². The molecule has 0 radical (unpaired) electrons. The maximum Gasteiger partial charge on any atom is 0.169 e. The molecule has 0 heterocycles. The lowest BCUT2D eigenvalue weighted by Gasteiger charge is -2.34. The van der Waals surface area contributed by atoms with E-state index in [0.717, 1.165) is 12.9 Å². The second-order valence-electron chi connectivity index (χ2n) is 3.90. The Balaban J connectivity index is 2.13. The molecule has 18 heavy (non-hydrogen) atoms. The van der Waals surface area contributed by atoms with Crippen LogP contribution in [0.1, 0.15) is 13.3 Å². The van der Waals surface area contributed by atoms with Crippen LogP contribution < -0.4 is 4.74 Å². The maximum atomic E-state index is 11.4. The predicted octanol–water partition coefficient (Wildman–Crippen LogP) is 3.63. The lowest BCUT2D eigenvalue weighted by atomic mass is 9.90. The van der Waals surface area contributed by atoms with Gasteiger partial charge in [0, 0.05) is 16.6 Å². The lowest BCUT2D eigenvalue weighted by Crippen LogP contribution is -2.52. The summed E-state index contributed by atoms with van der Waals surface area (Å²) in [6.45, 7) is 2.43. The van der Waals surface area contributed by atoms with E-state index in [4.69, 9.17) is 9.47 Å². The summed E-state index contributed by atoms with van der Waals surface area (Å²) in [6.07, 6.45) is -0.0802. The largest absolute Gasteiger partial charge is 0.485 e. The van der Waals surface area contributed by atoms with Crippen LogP contribution in [-0.2, 0) is 9.53 Å². The average molecular weight is 584 g/mol. The van der Waals surface area contributed by atoms with E-state index in [1.54, 1.807) is 0 Å². The van der Waals surface area contributed by atoms with Crippen LogP contribution in [0.2, 0.25) is 0 Å². The van der Waals surface area contributed by atoms with E-state index in [0.29, 0.717) is 13.0 Å². The summed E-state index contributed by atoms with van der Waals surface area (Å²) >= 11 is 6.80. The van der Waals surface area contributed by atoms with E-state index in [-0.39, 0.29) is 18.0 Å². The van der Waals surface area contributed by atoms with Crippen molar-refractivity contribution in [1.82, 2.24) is 0 Å². The maximum absolute atomic E-state index is 11.4. The number of carbonyl (C=O) groups is 1. The van der Waals surface area contributed by atoms with Crippen molar-refractivity contribution in [2.45, 2.75) is 25.6 Å². The summed E-state index contributed by atoms with van der Waals surface area (Å²) in [5, 5.41) is 0. The topological polar surface area (TPSA) is 35.5 Å². The third-order valence-corrected chi connectivity index (χ3v) is 4.86. The van der Waals surface area contributed by atoms with Crippen molar-refractivity contribution in [2.75, 3.05) is 6.61 Å². The van der Waals surface area contributed by atoms with Crippen molar-refractivity contribution in [3.05, 3.63) is 22.8 Å². The van der Waals surface area contributed by atoms with Gasteiger partial charge in [0.2, 0.25) is 0 Å². The second kappa shape index (κ2) is 6.53. The fourth-order valence-electron chi connectivity index (χ4n) is 1.74. The first-order valence-corrected chi connectivity index (χ1v) is 8.72. The van der Waals surface area contributed by atoms with Crippen molar-refractivity contribution in [1.29, 1.82) is 0 Å². The summed E-state index contributed by atoms with van der Waals surface area (Å²) in [5.41, 5.74) is 0. The van der Waals surface area contributed by atoms with E-state index in [2.05, 4.69) is 79.9 Å². The monoisotopic (exact) mass is 584 g/mol. The molecule has 1 aromatic rings. The molecule has 0 bridgehead atoms. The molecule has 0 amide bonds. The van der Waals surface area contributed by atoms with Crippen LogP contribution in [0.25, 0.3) is 0 Å². The zero-order valence-electron chi connectivity index (χ0n) is 9.58. The summed E-state index contributed by atoms with van der Waals surface area (Å²) < 4.78 is 14.7. The Morgan fingerprint density at radius 3 is 2.39 bits per heavy atom. The zero-order valence-corrected chi connectivity index (χ0v) is 16.1. The molecule has 1 aliphatic rings. The Labute approximate surface area is 147 Å². The highest BCUT2D eigenvalue weighted by Gasteiger charge is 2.42. The number of rotatable bonds is 4. The molecule has 0 spiro atoms. The Morgan fingerprint density at radius 1 is 1.28 bits per heavy atom. The van der Waals surface area contributed by atoms with Crippen LogP contribution in [0.3, 0.4) is 0 Å². The molecule has 0 aliphatic heterocycles. The van der Waals surface area contributed by atoms with Crippen LogP contribution in [0.4, 0.5) is 0 Å². The van der Waals surface area contributed by atoms with Crippen LogP contribution in [0.5, 0.6) is 5.75 Å². The van der Waals surface area contributed by atoms with Gasteiger partial charge in [-0.3, -0.25) is 4.79 Å². The van der Waals surface area contributed by atoms with E-state index in [1.807, 2.05) is 6.92 Å². The lowest BCUT2D eigenvalue weighted by molar-refractivity contribution is -0.154. The molecule has 98 valence electrons. The minimum absolute atomic E-state index is 0.136. The molecule has 1 aliphatic carbocycles. The van der Waals surface area contributed by atoms with Crippen molar-refractivity contribution in [2.24, 2.45) is 0 Å². The molecule has 1 fully saturated rings. The van der Waals surface area contributed by atoms with Gasteiger partial charge in [0.05, 0.1) is 7.14 Å². The number of benzene rings is 1. The average Bonchev–Trinajstić information content (AvgIpc) is 2.29. The zero-order chi connectivity index (χ0) is 13.3. The Hall–Kier alpha value is 0.840. The highest BCUT2D eigenvalue weighted by atomic mass is 127.